The summed E-state index contributed by atoms with van der Waals surface area (Å²) < 4.78 is 7.86. The van der Waals surface area contributed by atoms with Crippen molar-refractivity contribution in [2.45, 2.75) is 13.5 Å². The second-order valence-corrected chi connectivity index (χ2v) is 4.87. The van der Waals surface area contributed by atoms with E-state index in [9.17, 15) is 0 Å². The molecule has 0 radical (unpaired) electrons. The minimum absolute atomic E-state index is 0.667. The largest absolute Gasteiger partial charge is 0.493 e. The highest BCUT2D eigenvalue weighted by Crippen LogP contribution is 2.27. The van der Waals surface area contributed by atoms with Crippen molar-refractivity contribution in [3.63, 3.8) is 0 Å². The Bertz CT molecular complexity index is 794. The fourth-order valence-electron chi connectivity index (χ4n) is 2.50. The lowest BCUT2D eigenvalue weighted by molar-refractivity contribution is 0.344. The highest BCUT2D eigenvalue weighted by Gasteiger charge is 2.06. The van der Waals surface area contributed by atoms with Crippen LogP contribution in [0.4, 0.5) is 0 Å². The maximum absolute atomic E-state index is 8.84. The fraction of sp³-hybridized carbons (Fsp3) is 0.167. The SMILES string of the molecule is CCOc1cccc2c1ccn2Cc1ccc(C#N)cc1. The van der Waals surface area contributed by atoms with Crippen molar-refractivity contribution < 1.29 is 4.74 Å². The second-order valence-electron chi connectivity index (χ2n) is 4.87. The Kier molecular flexibility index (Phi) is 3.61. The molecule has 0 saturated carbocycles. The van der Waals surface area contributed by atoms with Crippen LogP contribution in [0, 0.1) is 11.3 Å². The van der Waals surface area contributed by atoms with Crippen LogP contribution in [0.25, 0.3) is 10.9 Å². The van der Waals surface area contributed by atoms with Gasteiger partial charge in [0, 0.05) is 18.1 Å². The molecule has 3 rings (SSSR count). The zero-order chi connectivity index (χ0) is 14.7. The summed E-state index contributed by atoms with van der Waals surface area (Å²) in [4.78, 5) is 0. The fourth-order valence-corrected chi connectivity index (χ4v) is 2.50. The average Bonchev–Trinajstić information content (AvgIpc) is 2.93. The Morgan fingerprint density at radius 1 is 1.10 bits per heavy atom. The van der Waals surface area contributed by atoms with Crippen molar-refractivity contribution in [3.8, 4) is 11.8 Å². The minimum Gasteiger partial charge on any atom is -0.493 e. The standard InChI is InChI=1S/C18H16N2O/c1-2-21-18-5-3-4-17-16(18)10-11-20(17)13-15-8-6-14(12-19)7-9-15/h3-11H,2,13H2,1H3. The third kappa shape index (κ3) is 2.61. The molecule has 0 unspecified atom stereocenters. The van der Waals surface area contributed by atoms with Crippen molar-refractivity contribution in [3.05, 3.63) is 65.9 Å². The molecule has 0 aliphatic heterocycles. The molecule has 1 aromatic heterocycles. The lowest BCUT2D eigenvalue weighted by Crippen LogP contribution is -1.98. The van der Waals surface area contributed by atoms with Crippen LogP contribution in [0.2, 0.25) is 0 Å². The molecule has 3 heteroatoms. The molecule has 0 amide bonds. The molecule has 0 fully saturated rings. The van der Waals surface area contributed by atoms with Gasteiger partial charge in [-0.3, -0.25) is 0 Å². The molecule has 3 nitrogen and oxygen atoms in total. The molecule has 104 valence electrons. The molecular formula is C18H16N2O. The van der Waals surface area contributed by atoms with Crippen LogP contribution >= 0.6 is 0 Å². The van der Waals surface area contributed by atoms with Gasteiger partial charge in [-0.15, -0.1) is 0 Å². The lowest BCUT2D eigenvalue weighted by atomic mass is 10.1. The van der Waals surface area contributed by atoms with Crippen LogP contribution in [-0.4, -0.2) is 11.2 Å². The summed E-state index contributed by atoms with van der Waals surface area (Å²) in [5.41, 5.74) is 3.02. The van der Waals surface area contributed by atoms with Crippen LogP contribution in [0.3, 0.4) is 0 Å². The van der Waals surface area contributed by atoms with E-state index in [0.717, 1.165) is 23.2 Å². The van der Waals surface area contributed by atoms with Crippen molar-refractivity contribution in [1.82, 2.24) is 4.57 Å². The van der Waals surface area contributed by atoms with E-state index in [-0.39, 0.29) is 0 Å². The molecule has 2 aromatic carbocycles. The maximum atomic E-state index is 8.84. The highest BCUT2D eigenvalue weighted by molar-refractivity contribution is 5.86. The molecule has 21 heavy (non-hydrogen) atoms. The Morgan fingerprint density at radius 3 is 2.62 bits per heavy atom. The van der Waals surface area contributed by atoms with Gasteiger partial charge in [0.25, 0.3) is 0 Å². The number of hydrogen-bond donors (Lipinski definition) is 0. The Balaban J connectivity index is 1.94. The van der Waals surface area contributed by atoms with Crippen LogP contribution in [0.1, 0.15) is 18.1 Å². The van der Waals surface area contributed by atoms with Gasteiger partial charge in [0.1, 0.15) is 5.75 Å². The third-order valence-electron chi connectivity index (χ3n) is 3.51. The summed E-state index contributed by atoms with van der Waals surface area (Å²) in [5, 5.41) is 9.97. The molecule has 0 aliphatic carbocycles. The monoisotopic (exact) mass is 276 g/mol. The van der Waals surface area contributed by atoms with Gasteiger partial charge in [0.2, 0.25) is 0 Å². The number of nitrogens with zero attached hydrogens (tertiary/aromatic N) is 2. The van der Waals surface area contributed by atoms with Crippen LogP contribution in [0.15, 0.2) is 54.7 Å². The molecule has 0 spiro atoms. The van der Waals surface area contributed by atoms with Gasteiger partial charge in [-0.1, -0.05) is 18.2 Å². The first-order chi connectivity index (χ1) is 10.3. The topological polar surface area (TPSA) is 38.0 Å². The van der Waals surface area contributed by atoms with Gasteiger partial charge in [0.05, 0.1) is 23.8 Å². The van der Waals surface area contributed by atoms with Crippen molar-refractivity contribution in [1.29, 1.82) is 5.26 Å². The van der Waals surface area contributed by atoms with Gasteiger partial charge < -0.3 is 9.30 Å². The summed E-state index contributed by atoms with van der Waals surface area (Å²) >= 11 is 0. The average molecular weight is 276 g/mol. The molecule has 3 aromatic rings. The smallest absolute Gasteiger partial charge is 0.128 e. The molecule has 0 atom stereocenters. The van der Waals surface area contributed by atoms with E-state index < -0.39 is 0 Å². The van der Waals surface area contributed by atoms with Crippen molar-refractivity contribution in [2.24, 2.45) is 0 Å². The summed E-state index contributed by atoms with van der Waals surface area (Å²) in [7, 11) is 0. The third-order valence-corrected chi connectivity index (χ3v) is 3.51. The van der Waals surface area contributed by atoms with Gasteiger partial charge in [0.15, 0.2) is 0 Å². The van der Waals surface area contributed by atoms with E-state index >= 15 is 0 Å². The predicted molar refractivity (Wildman–Crippen MR) is 83.4 cm³/mol. The van der Waals surface area contributed by atoms with E-state index in [1.807, 2.05) is 43.3 Å². The first-order valence-electron chi connectivity index (χ1n) is 7.01. The number of aromatic nitrogens is 1. The molecular weight excluding hydrogens is 260 g/mol. The van der Waals surface area contributed by atoms with Gasteiger partial charge in [-0.05, 0) is 42.8 Å². The minimum atomic E-state index is 0.667. The Labute approximate surface area is 124 Å². The van der Waals surface area contributed by atoms with E-state index in [1.54, 1.807) is 0 Å². The van der Waals surface area contributed by atoms with Gasteiger partial charge in [-0.25, -0.2) is 0 Å². The first kappa shape index (κ1) is 13.3. The summed E-state index contributed by atoms with van der Waals surface area (Å²) in [6.07, 6.45) is 2.07. The van der Waals surface area contributed by atoms with Crippen LogP contribution in [-0.2, 0) is 6.54 Å². The van der Waals surface area contributed by atoms with E-state index in [1.165, 1.54) is 5.56 Å². The number of benzene rings is 2. The first-order valence-corrected chi connectivity index (χ1v) is 7.01. The predicted octanol–water partition coefficient (Wildman–Crippen LogP) is 3.96. The zero-order valence-corrected chi connectivity index (χ0v) is 11.9. The van der Waals surface area contributed by atoms with Crippen LogP contribution in [0.5, 0.6) is 5.75 Å². The van der Waals surface area contributed by atoms with E-state index in [0.29, 0.717) is 12.2 Å². The van der Waals surface area contributed by atoms with Gasteiger partial charge >= 0.3 is 0 Å². The zero-order valence-electron chi connectivity index (χ0n) is 11.9. The molecule has 0 N–H and O–H groups in total. The Morgan fingerprint density at radius 2 is 1.90 bits per heavy atom. The molecule has 0 saturated heterocycles. The van der Waals surface area contributed by atoms with Gasteiger partial charge in [-0.2, -0.15) is 5.26 Å². The molecule has 0 bridgehead atoms. The maximum Gasteiger partial charge on any atom is 0.128 e. The van der Waals surface area contributed by atoms with Crippen molar-refractivity contribution in [2.75, 3.05) is 6.61 Å². The van der Waals surface area contributed by atoms with Crippen LogP contribution < -0.4 is 4.74 Å². The summed E-state index contributed by atoms with van der Waals surface area (Å²) in [6, 6.07) is 18.0. The number of ether oxygens (including phenoxy) is 1. The number of hydrogen-bond acceptors (Lipinski definition) is 2. The number of rotatable bonds is 4. The summed E-state index contributed by atoms with van der Waals surface area (Å²) in [6.45, 7) is 3.44. The van der Waals surface area contributed by atoms with E-state index in [4.69, 9.17) is 10.00 Å². The Hall–Kier alpha value is -2.73. The normalized spacial score (nSPS) is 10.5. The van der Waals surface area contributed by atoms with E-state index in [2.05, 4.69) is 29.0 Å². The molecule has 0 aliphatic rings. The number of nitriles is 1. The lowest BCUT2D eigenvalue weighted by Gasteiger charge is -2.08. The quantitative estimate of drug-likeness (QED) is 0.723. The van der Waals surface area contributed by atoms with Crippen molar-refractivity contribution >= 4 is 10.9 Å². The molecule has 1 heterocycles. The highest BCUT2D eigenvalue weighted by atomic mass is 16.5. The number of fused-ring (bicyclic) bond motifs is 1. The second kappa shape index (κ2) is 5.72. The summed E-state index contributed by atoms with van der Waals surface area (Å²) in [5.74, 6) is 0.925.